The number of nitrogens with zero attached hydrogens (tertiary/aromatic N) is 3. The minimum Gasteiger partial charge on any atom is -0.467 e. The number of anilines is 1. The minimum atomic E-state index is -4.39. The van der Waals surface area contributed by atoms with Gasteiger partial charge < -0.3 is 19.5 Å². The van der Waals surface area contributed by atoms with Gasteiger partial charge in [-0.15, -0.1) is 4.98 Å². The Morgan fingerprint density at radius 2 is 1.31 bits per heavy atom. The summed E-state index contributed by atoms with van der Waals surface area (Å²) in [7, 11) is 1.43. The van der Waals surface area contributed by atoms with Crippen LogP contribution in [0.15, 0.2) is 48.5 Å². The molecule has 152 valence electrons. The van der Waals surface area contributed by atoms with E-state index in [4.69, 9.17) is 14.2 Å². The SMILES string of the molecule is CCNc1nc(OC)nc(Oc2ccc(Oc3ccc(C(F)(F)F)cc3)cc2)n1. The molecule has 0 bridgehead atoms. The quantitative estimate of drug-likeness (QED) is 0.597. The summed E-state index contributed by atoms with van der Waals surface area (Å²) in [5, 5.41) is 2.95. The van der Waals surface area contributed by atoms with E-state index in [9.17, 15) is 13.2 Å². The molecule has 1 N–H and O–H groups in total. The zero-order chi connectivity index (χ0) is 20.9. The lowest BCUT2D eigenvalue weighted by Gasteiger charge is -2.10. The van der Waals surface area contributed by atoms with E-state index in [1.165, 1.54) is 19.2 Å². The summed E-state index contributed by atoms with van der Waals surface area (Å²) in [5.74, 6) is 1.46. The maximum atomic E-state index is 12.6. The van der Waals surface area contributed by atoms with Crippen LogP contribution in [0.25, 0.3) is 0 Å². The highest BCUT2D eigenvalue weighted by Crippen LogP contribution is 2.32. The first-order valence-corrected chi connectivity index (χ1v) is 8.54. The molecule has 0 aliphatic heterocycles. The Balaban J connectivity index is 1.68. The Kier molecular flexibility index (Phi) is 6.01. The van der Waals surface area contributed by atoms with Crippen molar-refractivity contribution in [2.45, 2.75) is 13.1 Å². The molecule has 0 radical (unpaired) electrons. The Morgan fingerprint density at radius 1 is 0.793 bits per heavy atom. The van der Waals surface area contributed by atoms with E-state index in [-0.39, 0.29) is 17.8 Å². The van der Waals surface area contributed by atoms with Gasteiger partial charge in [0, 0.05) is 6.54 Å². The van der Waals surface area contributed by atoms with Crippen LogP contribution in [-0.4, -0.2) is 28.6 Å². The molecule has 0 aliphatic carbocycles. The molecule has 0 aliphatic rings. The topological polar surface area (TPSA) is 78.4 Å². The molecule has 2 aromatic carbocycles. The molecule has 0 spiro atoms. The van der Waals surface area contributed by atoms with Crippen molar-refractivity contribution in [3.05, 3.63) is 54.1 Å². The van der Waals surface area contributed by atoms with E-state index in [0.717, 1.165) is 12.1 Å². The summed E-state index contributed by atoms with van der Waals surface area (Å²) in [6.45, 7) is 2.51. The summed E-state index contributed by atoms with van der Waals surface area (Å²) >= 11 is 0. The predicted octanol–water partition coefficient (Wildman–Crippen LogP) is 4.92. The van der Waals surface area contributed by atoms with Gasteiger partial charge in [-0.25, -0.2) is 0 Å². The van der Waals surface area contributed by atoms with Crippen LogP contribution in [0.1, 0.15) is 12.5 Å². The number of ether oxygens (including phenoxy) is 3. The standard InChI is InChI=1S/C19H17F3N4O3/c1-3-23-16-24-17(27-2)26-18(25-16)29-15-10-8-14(9-11-15)28-13-6-4-12(5-7-13)19(20,21)22/h4-11H,3H2,1-2H3,(H,23,24,25,26). The third kappa shape index (κ3) is 5.47. The molecule has 0 atom stereocenters. The zero-order valence-corrected chi connectivity index (χ0v) is 15.5. The molecule has 10 heteroatoms. The van der Waals surface area contributed by atoms with Gasteiger partial charge in [0.1, 0.15) is 17.2 Å². The van der Waals surface area contributed by atoms with Gasteiger partial charge in [-0.05, 0) is 55.5 Å². The number of benzene rings is 2. The van der Waals surface area contributed by atoms with Crippen LogP contribution >= 0.6 is 0 Å². The molecule has 29 heavy (non-hydrogen) atoms. The summed E-state index contributed by atoms with van der Waals surface area (Å²) in [4.78, 5) is 12.2. The summed E-state index contributed by atoms with van der Waals surface area (Å²) in [6.07, 6.45) is -4.39. The third-order valence-corrected chi connectivity index (χ3v) is 3.56. The van der Waals surface area contributed by atoms with Crippen molar-refractivity contribution >= 4 is 5.95 Å². The fourth-order valence-corrected chi connectivity index (χ4v) is 2.24. The zero-order valence-electron chi connectivity index (χ0n) is 15.5. The third-order valence-electron chi connectivity index (χ3n) is 3.56. The van der Waals surface area contributed by atoms with Gasteiger partial charge in [-0.1, -0.05) is 0 Å². The smallest absolute Gasteiger partial charge is 0.416 e. The predicted molar refractivity (Wildman–Crippen MR) is 98.6 cm³/mol. The number of aromatic nitrogens is 3. The summed E-state index contributed by atoms with van der Waals surface area (Å²) in [6, 6.07) is 11.0. The van der Waals surface area contributed by atoms with Crippen LogP contribution < -0.4 is 19.5 Å². The number of halogens is 3. The summed E-state index contributed by atoms with van der Waals surface area (Å²) < 4.78 is 54.0. The van der Waals surface area contributed by atoms with Gasteiger partial charge in [0.25, 0.3) is 0 Å². The minimum absolute atomic E-state index is 0.0456. The molecule has 7 nitrogen and oxygen atoms in total. The maximum absolute atomic E-state index is 12.6. The molecule has 0 unspecified atom stereocenters. The van der Waals surface area contributed by atoms with Gasteiger partial charge >= 0.3 is 18.2 Å². The lowest BCUT2D eigenvalue weighted by Crippen LogP contribution is -2.06. The van der Waals surface area contributed by atoms with Crippen molar-refractivity contribution in [3.8, 4) is 29.3 Å². The number of nitrogens with one attached hydrogen (secondary N) is 1. The van der Waals surface area contributed by atoms with Gasteiger partial charge in [0.2, 0.25) is 5.95 Å². The van der Waals surface area contributed by atoms with Gasteiger partial charge in [0.15, 0.2) is 0 Å². The van der Waals surface area contributed by atoms with Crippen molar-refractivity contribution in [2.24, 2.45) is 0 Å². The normalized spacial score (nSPS) is 11.1. The van der Waals surface area contributed by atoms with E-state index in [1.54, 1.807) is 24.3 Å². The maximum Gasteiger partial charge on any atom is 0.416 e. The molecule has 3 rings (SSSR count). The second-order valence-corrected chi connectivity index (χ2v) is 5.66. The van der Waals surface area contributed by atoms with Crippen molar-refractivity contribution in [1.29, 1.82) is 0 Å². The fourth-order valence-electron chi connectivity index (χ4n) is 2.24. The fraction of sp³-hybridized carbons (Fsp3) is 0.211. The van der Waals surface area contributed by atoms with Gasteiger partial charge in [0.05, 0.1) is 12.7 Å². The lowest BCUT2D eigenvalue weighted by molar-refractivity contribution is -0.137. The van der Waals surface area contributed by atoms with Crippen LogP contribution in [0, 0.1) is 0 Å². The van der Waals surface area contributed by atoms with Crippen molar-refractivity contribution < 1.29 is 27.4 Å². The van der Waals surface area contributed by atoms with E-state index in [1.807, 2.05) is 6.92 Å². The van der Waals surface area contributed by atoms with E-state index < -0.39 is 11.7 Å². The Labute approximate surface area is 164 Å². The van der Waals surface area contributed by atoms with E-state index in [0.29, 0.717) is 24.0 Å². The number of methoxy groups -OCH3 is 1. The Bertz CT molecular complexity index is 948. The van der Waals surface area contributed by atoms with Gasteiger partial charge in [-0.2, -0.15) is 23.1 Å². The van der Waals surface area contributed by atoms with Crippen LogP contribution in [0.2, 0.25) is 0 Å². The lowest BCUT2D eigenvalue weighted by atomic mass is 10.2. The number of alkyl halides is 3. The number of hydrogen-bond acceptors (Lipinski definition) is 7. The molecule has 0 amide bonds. The van der Waals surface area contributed by atoms with Crippen molar-refractivity contribution in [1.82, 2.24) is 15.0 Å². The van der Waals surface area contributed by atoms with Gasteiger partial charge in [-0.3, -0.25) is 0 Å². The molecule has 1 aromatic heterocycles. The van der Waals surface area contributed by atoms with Crippen molar-refractivity contribution in [2.75, 3.05) is 19.0 Å². The molecule has 0 fully saturated rings. The highest BCUT2D eigenvalue weighted by molar-refractivity contribution is 5.38. The first-order valence-electron chi connectivity index (χ1n) is 8.54. The largest absolute Gasteiger partial charge is 0.467 e. The highest BCUT2D eigenvalue weighted by atomic mass is 19.4. The Morgan fingerprint density at radius 3 is 1.83 bits per heavy atom. The molecule has 0 saturated carbocycles. The number of hydrogen-bond donors (Lipinski definition) is 1. The first kappa shape index (κ1) is 20.2. The van der Waals surface area contributed by atoms with E-state index >= 15 is 0 Å². The number of rotatable bonds is 7. The summed E-state index contributed by atoms with van der Waals surface area (Å²) in [5.41, 5.74) is -0.738. The Hall–Kier alpha value is -3.56. The van der Waals surface area contributed by atoms with Crippen LogP contribution in [0.5, 0.6) is 29.3 Å². The molecular formula is C19H17F3N4O3. The molecule has 0 saturated heterocycles. The second kappa shape index (κ2) is 8.63. The molecule has 1 heterocycles. The van der Waals surface area contributed by atoms with Crippen LogP contribution in [0.3, 0.4) is 0 Å². The average Bonchev–Trinajstić information content (AvgIpc) is 2.69. The highest BCUT2D eigenvalue weighted by Gasteiger charge is 2.30. The average molecular weight is 406 g/mol. The van der Waals surface area contributed by atoms with E-state index in [2.05, 4.69) is 20.3 Å². The second-order valence-electron chi connectivity index (χ2n) is 5.66. The first-order chi connectivity index (χ1) is 13.9. The monoisotopic (exact) mass is 406 g/mol. The van der Waals surface area contributed by atoms with Crippen molar-refractivity contribution in [3.63, 3.8) is 0 Å². The molecular weight excluding hydrogens is 389 g/mol. The van der Waals surface area contributed by atoms with Crippen LogP contribution in [0.4, 0.5) is 19.1 Å². The van der Waals surface area contributed by atoms with Crippen LogP contribution in [-0.2, 0) is 6.18 Å². The molecule has 3 aromatic rings.